The molecule has 0 aliphatic carbocycles. The highest BCUT2D eigenvalue weighted by Gasteiger charge is 2.40. The number of aliphatic hydroxyl groups is 1. The van der Waals surface area contributed by atoms with Crippen LogP contribution in [-0.2, 0) is 36.3 Å². The lowest BCUT2D eigenvalue weighted by atomic mass is 10.00. The molecule has 3 rings (SSSR count). The summed E-state index contributed by atoms with van der Waals surface area (Å²) in [6.45, 7) is 3.22. The van der Waals surface area contributed by atoms with Crippen molar-refractivity contribution in [1.82, 2.24) is 24.6 Å². The molecule has 0 radical (unpaired) electrons. The summed E-state index contributed by atoms with van der Waals surface area (Å²) >= 11 is 0. The maximum absolute atomic E-state index is 13.9. The van der Waals surface area contributed by atoms with E-state index in [1.165, 1.54) is 57.0 Å². The monoisotopic (exact) mass is 685 g/mol. The molecule has 3 aromatic rings. The van der Waals surface area contributed by atoms with E-state index in [9.17, 15) is 27.6 Å². The van der Waals surface area contributed by atoms with Gasteiger partial charge in [-0.1, -0.05) is 63.4 Å². The lowest BCUT2D eigenvalue weighted by Gasteiger charge is -2.31. The maximum atomic E-state index is 13.9. The van der Waals surface area contributed by atoms with E-state index >= 15 is 0 Å². The number of methoxy groups -OCH3 is 1. The summed E-state index contributed by atoms with van der Waals surface area (Å²) in [5.74, 6) is -2.57. The van der Waals surface area contributed by atoms with Gasteiger partial charge in [0.15, 0.2) is 17.5 Å². The number of ether oxygens (including phenoxy) is 2. The van der Waals surface area contributed by atoms with Crippen molar-refractivity contribution in [2.45, 2.75) is 102 Å². The zero-order valence-corrected chi connectivity index (χ0v) is 28.0. The largest absolute Gasteiger partial charge is 0.613 e. The van der Waals surface area contributed by atoms with E-state index < -0.39 is 56.2 Å². The Morgan fingerprint density at radius 3 is 2.34 bits per heavy atom. The zero-order chi connectivity index (χ0) is 34.4. The molecule has 260 valence electrons. The minimum absolute atomic E-state index is 0.0544. The SMILES string of the molecule is CCCCCCCCCCCOC(=O)[C@H](Cc1cc(F)cc(F)c1)N[P+](=O)OC[C@@](C)(OC)[C@@H](O)Cn1cnc2c(N)nc(F)nc21. The molecule has 0 bridgehead atoms. The first-order chi connectivity index (χ1) is 22.4. The van der Waals surface area contributed by atoms with E-state index in [0.29, 0.717) is 12.5 Å². The number of hydrogen-bond acceptors (Lipinski definition) is 10. The number of imidazole rings is 1. The number of carbonyl (C=O) groups excluding carboxylic acids is 1. The third-order valence-corrected chi connectivity index (χ3v) is 8.76. The highest BCUT2D eigenvalue weighted by Crippen LogP contribution is 2.27. The number of fused-ring (bicyclic) bond motifs is 1. The number of aromatic nitrogens is 4. The van der Waals surface area contributed by atoms with Crippen LogP contribution in [0.1, 0.15) is 77.2 Å². The topological polar surface area (TPSA) is 164 Å². The van der Waals surface area contributed by atoms with Crippen molar-refractivity contribution in [1.29, 1.82) is 0 Å². The van der Waals surface area contributed by atoms with Crippen molar-refractivity contribution >= 4 is 31.1 Å². The molecule has 1 aromatic carbocycles. The van der Waals surface area contributed by atoms with Gasteiger partial charge in [0.2, 0.25) is 0 Å². The highest BCUT2D eigenvalue weighted by atomic mass is 31.1. The molecule has 0 saturated carbocycles. The molecule has 1 unspecified atom stereocenters. The van der Waals surface area contributed by atoms with E-state index in [4.69, 9.17) is 19.7 Å². The van der Waals surface area contributed by atoms with Gasteiger partial charge in [0.25, 0.3) is 0 Å². The Balaban J connectivity index is 1.57. The second-order valence-electron chi connectivity index (χ2n) is 11.7. The van der Waals surface area contributed by atoms with Crippen LogP contribution >= 0.6 is 8.18 Å². The first-order valence-corrected chi connectivity index (χ1v) is 17.0. The normalized spacial score (nSPS) is 14.6. The molecular formula is C31H45F3N6O6P+. The molecule has 16 heteroatoms. The minimum Gasteiger partial charge on any atom is -0.464 e. The number of aliphatic hydroxyl groups excluding tert-OH is 1. The van der Waals surface area contributed by atoms with Gasteiger partial charge in [-0.25, -0.2) is 13.8 Å². The average Bonchev–Trinajstić information content (AvgIpc) is 3.42. The van der Waals surface area contributed by atoms with Crippen molar-refractivity contribution < 1.29 is 41.6 Å². The quantitative estimate of drug-likeness (QED) is 0.0527. The molecule has 0 spiro atoms. The number of nitrogen functional groups attached to an aromatic ring is 1. The molecule has 0 fully saturated rings. The van der Waals surface area contributed by atoms with Gasteiger partial charge in [-0.05, 0) is 35.6 Å². The fraction of sp³-hybridized carbons (Fsp3) is 0.613. The Morgan fingerprint density at radius 1 is 1.06 bits per heavy atom. The summed E-state index contributed by atoms with van der Waals surface area (Å²) in [7, 11) is -1.45. The number of anilines is 1. The molecule has 2 aromatic heterocycles. The number of unbranched alkanes of at least 4 members (excludes halogenated alkanes) is 8. The fourth-order valence-electron chi connectivity index (χ4n) is 4.93. The van der Waals surface area contributed by atoms with Crippen molar-refractivity contribution in [3.63, 3.8) is 0 Å². The van der Waals surface area contributed by atoms with Crippen LogP contribution in [0.2, 0.25) is 0 Å². The predicted molar refractivity (Wildman–Crippen MR) is 170 cm³/mol. The van der Waals surface area contributed by atoms with E-state index in [2.05, 4.69) is 27.0 Å². The molecule has 4 N–H and O–H groups in total. The van der Waals surface area contributed by atoms with Gasteiger partial charge < -0.3 is 24.9 Å². The summed E-state index contributed by atoms with van der Waals surface area (Å²) < 4.78 is 72.2. The maximum Gasteiger partial charge on any atom is 0.613 e. The molecule has 0 amide bonds. The van der Waals surface area contributed by atoms with Crippen molar-refractivity contribution in [3.8, 4) is 0 Å². The summed E-state index contributed by atoms with van der Waals surface area (Å²) in [6, 6.07) is 1.60. The predicted octanol–water partition coefficient (Wildman–Crippen LogP) is 5.54. The number of carbonyl (C=O) groups is 1. The Hall–Kier alpha value is -3.23. The number of benzene rings is 1. The summed E-state index contributed by atoms with van der Waals surface area (Å²) in [5, 5.41) is 13.6. The second kappa shape index (κ2) is 18.9. The van der Waals surface area contributed by atoms with Crippen LogP contribution in [0.15, 0.2) is 24.5 Å². The second-order valence-corrected chi connectivity index (χ2v) is 12.7. The zero-order valence-electron chi connectivity index (χ0n) is 27.1. The molecule has 2 heterocycles. The summed E-state index contributed by atoms with van der Waals surface area (Å²) in [4.78, 5) is 24.2. The summed E-state index contributed by atoms with van der Waals surface area (Å²) in [5.41, 5.74) is 4.61. The van der Waals surface area contributed by atoms with Gasteiger partial charge >= 0.3 is 20.2 Å². The van der Waals surface area contributed by atoms with Crippen LogP contribution in [0.3, 0.4) is 0 Å². The van der Waals surface area contributed by atoms with E-state index in [-0.39, 0.29) is 42.1 Å². The third-order valence-electron chi connectivity index (χ3n) is 7.87. The molecule has 47 heavy (non-hydrogen) atoms. The summed E-state index contributed by atoms with van der Waals surface area (Å²) in [6.07, 6.45) is 8.45. The van der Waals surface area contributed by atoms with E-state index in [1.807, 2.05) is 0 Å². The molecule has 0 aliphatic heterocycles. The fourth-order valence-corrected chi connectivity index (χ4v) is 5.83. The Kier molecular flexibility index (Phi) is 15.4. The standard InChI is InChI=1S/C31H45F3N6O6P/c1-4-5-6-7-8-9-10-11-12-13-45-29(42)24(16-21-14-22(32)17-23(33)15-21)39-47(43)46-19-31(2,44-3)25(41)18-40-20-36-26-27(35)37-30(34)38-28(26)40/h14-15,17,20,24-25,41H,4-13,16,18-19H2,1-3H3,(H,39,43)(H2,35,37,38)/q+1/t24-,25-,31+/m0/s1. The van der Waals surface area contributed by atoms with Gasteiger partial charge in [0.1, 0.15) is 35.5 Å². The number of hydrogen-bond donors (Lipinski definition) is 3. The van der Waals surface area contributed by atoms with Crippen LogP contribution in [0.5, 0.6) is 0 Å². The van der Waals surface area contributed by atoms with Gasteiger partial charge in [-0.15, -0.1) is 4.52 Å². The highest BCUT2D eigenvalue weighted by molar-refractivity contribution is 7.36. The molecule has 0 saturated heterocycles. The van der Waals surface area contributed by atoms with Gasteiger partial charge in [-0.3, -0.25) is 4.79 Å². The first-order valence-electron chi connectivity index (χ1n) is 15.8. The van der Waals surface area contributed by atoms with E-state index in [1.54, 1.807) is 0 Å². The first kappa shape index (κ1) is 38.2. The lowest BCUT2D eigenvalue weighted by molar-refractivity contribution is -0.145. The number of nitrogens with zero attached hydrogens (tertiary/aromatic N) is 4. The Bertz CT molecular complexity index is 1450. The van der Waals surface area contributed by atoms with Crippen LogP contribution in [0.25, 0.3) is 11.2 Å². The molecular weight excluding hydrogens is 640 g/mol. The molecule has 4 atom stereocenters. The number of esters is 1. The smallest absolute Gasteiger partial charge is 0.464 e. The third kappa shape index (κ3) is 12.1. The van der Waals surface area contributed by atoms with E-state index in [0.717, 1.165) is 31.4 Å². The molecule has 12 nitrogen and oxygen atoms in total. The minimum atomic E-state index is -2.76. The average molecular weight is 686 g/mol. The van der Waals surface area contributed by atoms with Crippen LogP contribution < -0.4 is 10.8 Å². The van der Waals surface area contributed by atoms with Crippen molar-refractivity contribution in [3.05, 3.63) is 47.8 Å². The van der Waals surface area contributed by atoms with Crippen LogP contribution in [0, 0.1) is 17.7 Å². The van der Waals surface area contributed by atoms with Crippen LogP contribution in [0.4, 0.5) is 19.0 Å². The Morgan fingerprint density at radius 2 is 1.70 bits per heavy atom. The number of nitrogens with one attached hydrogen (secondary N) is 1. The Labute approximate surface area is 273 Å². The number of halogens is 3. The van der Waals surface area contributed by atoms with Gasteiger partial charge in [0.05, 0.1) is 19.5 Å². The number of nitrogens with two attached hydrogens (primary N) is 1. The van der Waals surface area contributed by atoms with Gasteiger partial charge in [0, 0.05) is 19.6 Å². The van der Waals surface area contributed by atoms with Gasteiger partial charge in [-0.2, -0.15) is 14.4 Å². The molecule has 0 aliphatic rings. The number of rotatable bonds is 22. The van der Waals surface area contributed by atoms with Crippen molar-refractivity contribution in [2.24, 2.45) is 0 Å². The lowest BCUT2D eigenvalue weighted by Crippen LogP contribution is -2.47. The van der Waals surface area contributed by atoms with Crippen LogP contribution in [-0.4, -0.2) is 68.7 Å². The van der Waals surface area contributed by atoms with Crippen molar-refractivity contribution in [2.75, 3.05) is 26.1 Å².